The summed E-state index contributed by atoms with van der Waals surface area (Å²) in [5.41, 5.74) is 4.01. The minimum atomic E-state index is 0.737. The van der Waals surface area contributed by atoms with Crippen molar-refractivity contribution in [2.75, 3.05) is 0 Å². The van der Waals surface area contributed by atoms with E-state index in [2.05, 4.69) is 37.8 Å². The molecular formula is C17H12N6S2. The molecule has 25 heavy (non-hydrogen) atoms. The van der Waals surface area contributed by atoms with Crippen molar-refractivity contribution in [1.29, 1.82) is 0 Å². The summed E-state index contributed by atoms with van der Waals surface area (Å²) in [4.78, 5) is 11.4. The van der Waals surface area contributed by atoms with E-state index in [1.165, 1.54) is 6.33 Å². The topological polar surface area (TPSA) is 71.8 Å². The van der Waals surface area contributed by atoms with E-state index in [1.54, 1.807) is 22.7 Å². The van der Waals surface area contributed by atoms with Crippen LogP contribution in [0.3, 0.4) is 0 Å². The molecule has 0 spiro atoms. The third-order valence-electron chi connectivity index (χ3n) is 3.94. The Bertz CT molecular complexity index is 1100. The van der Waals surface area contributed by atoms with Crippen molar-refractivity contribution in [2.45, 2.75) is 6.92 Å². The quantitative estimate of drug-likeness (QED) is 0.519. The van der Waals surface area contributed by atoms with Gasteiger partial charge in [0.2, 0.25) is 0 Å². The van der Waals surface area contributed by atoms with Crippen LogP contribution in [-0.4, -0.2) is 29.8 Å². The highest BCUT2D eigenvalue weighted by Gasteiger charge is 2.22. The average Bonchev–Trinajstić information content (AvgIpc) is 3.38. The molecule has 0 aliphatic carbocycles. The van der Waals surface area contributed by atoms with Crippen LogP contribution in [0.5, 0.6) is 0 Å². The first kappa shape index (κ1) is 14.5. The second-order valence-corrected chi connectivity index (χ2v) is 7.45. The normalized spacial score (nSPS) is 11.4. The van der Waals surface area contributed by atoms with E-state index >= 15 is 0 Å². The molecule has 6 nitrogen and oxygen atoms in total. The van der Waals surface area contributed by atoms with Crippen molar-refractivity contribution in [1.82, 2.24) is 29.8 Å². The van der Waals surface area contributed by atoms with E-state index in [1.807, 2.05) is 35.8 Å². The number of aromatic nitrogens is 6. The Labute approximate surface area is 150 Å². The molecule has 5 rings (SSSR count). The second-order valence-electron chi connectivity index (χ2n) is 5.50. The lowest BCUT2D eigenvalue weighted by molar-refractivity contribution is 0.934. The van der Waals surface area contributed by atoms with Crippen molar-refractivity contribution in [3.8, 4) is 31.8 Å². The van der Waals surface area contributed by atoms with Crippen molar-refractivity contribution in [3.05, 3.63) is 53.9 Å². The Morgan fingerprint density at radius 1 is 1.16 bits per heavy atom. The first-order chi connectivity index (χ1) is 12.3. The lowest BCUT2D eigenvalue weighted by atomic mass is 10.2. The molecule has 0 aliphatic heterocycles. The summed E-state index contributed by atoms with van der Waals surface area (Å²) < 4.78 is 1.89. The van der Waals surface area contributed by atoms with Crippen LogP contribution in [0.15, 0.2) is 48.2 Å². The molecule has 5 heterocycles. The predicted octanol–water partition coefficient (Wildman–Crippen LogP) is 4.28. The number of nitrogens with zero attached hydrogens (tertiary/aromatic N) is 5. The molecule has 0 radical (unpaired) electrons. The SMILES string of the molecule is Cc1nn2ccccc2c1-c1nc(-c2cccs2)c(-c2ncn[nH]2)s1. The molecule has 8 heteroatoms. The molecule has 0 saturated carbocycles. The largest absolute Gasteiger partial charge is 0.259 e. The standard InChI is InChI=1S/C17H12N6S2/c1-10-13(11-5-2-3-7-23(11)22-10)17-20-14(12-6-4-8-24-12)15(25-17)16-18-9-19-21-16/h2-9H,1H3,(H,18,19,21). The second kappa shape index (κ2) is 5.61. The fourth-order valence-electron chi connectivity index (χ4n) is 2.86. The number of pyridine rings is 1. The molecule has 5 aromatic heterocycles. The van der Waals surface area contributed by atoms with Gasteiger partial charge in [0.1, 0.15) is 21.9 Å². The monoisotopic (exact) mass is 364 g/mol. The van der Waals surface area contributed by atoms with Gasteiger partial charge in [-0.2, -0.15) is 10.2 Å². The van der Waals surface area contributed by atoms with Crippen LogP contribution in [0.1, 0.15) is 5.69 Å². The third kappa shape index (κ3) is 2.30. The van der Waals surface area contributed by atoms with Gasteiger partial charge in [-0.3, -0.25) is 5.10 Å². The van der Waals surface area contributed by atoms with Crippen LogP contribution in [0.4, 0.5) is 0 Å². The summed E-state index contributed by atoms with van der Waals surface area (Å²) in [7, 11) is 0. The van der Waals surface area contributed by atoms with Crippen LogP contribution >= 0.6 is 22.7 Å². The lowest BCUT2D eigenvalue weighted by Crippen LogP contribution is -1.83. The Morgan fingerprint density at radius 3 is 2.92 bits per heavy atom. The molecule has 0 aliphatic rings. The van der Waals surface area contributed by atoms with Gasteiger partial charge in [0.15, 0.2) is 5.82 Å². The summed E-state index contributed by atoms with van der Waals surface area (Å²) in [6, 6.07) is 10.2. The fraction of sp³-hybridized carbons (Fsp3) is 0.0588. The Morgan fingerprint density at radius 2 is 2.12 bits per heavy atom. The number of H-pyrrole nitrogens is 1. The van der Waals surface area contributed by atoms with E-state index in [0.717, 1.165) is 43.1 Å². The van der Waals surface area contributed by atoms with E-state index in [-0.39, 0.29) is 0 Å². The minimum Gasteiger partial charge on any atom is -0.259 e. The zero-order valence-electron chi connectivity index (χ0n) is 13.2. The number of thiophene rings is 1. The molecule has 0 saturated heterocycles. The Hall–Kier alpha value is -2.84. The Balaban J connectivity index is 1.78. The van der Waals surface area contributed by atoms with Crippen LogP contribution in [0, 0.1) is 6.92 Å². The number of aryl methyl sites for hydroxylation is 1. The minimum absolute atomic E-state index is 0.737. The number of rotatable bonds is 3. The molecule has 0 unspecified atom stereocenters. The number of fused-ring (bicyclic) bond motifs is 1. The van der Waals surface area contributed by atoms with Gasteiger partial charge in [0.05, 0.1) is 21.7 Å². The van der Waals surface area contributed by atoms with Crippen LogP contribution in [0.2, 0.25) is 0 Å². The maximum Gasteiger partial charge on any atom is 0.167 e. The zero-order valence-corrected chi connectivity index (χ0v) is 14.8. The van der Waals surface area contributed by atoms with Crippen molar-refractivity contribution in [2.24, 2.45) is 0 Å². The first-order valence-corrected chi connectivity index (χ1v) is 9.35. The highest BCUT2D eigenvalue weighted by Crippen LogP contribution is 2.42. The fourth-order valence-corrected chi connectivity index (χ4v) is 4.78. The highest BCUT2D eigenvalue weighted by molar-refractivity contribution is 7.20. The van der Waals surface area contributed by atoms with Crippen molar-refractivity contribution in [3.63, 3.8) is 0 Å². The van der Waals surface area contributed by atoms with Gasteiger partial charge in [-0.05, 0) is 30.5 Å². The molecule has 5 aromatic rings. The van der Waals surface area contributed by atoms with Crippen molar-refractivity contribution < 1.29 is 0 Å². The van der Waals surface area contributed by atoms with Crippen LogP contribution < -0.4 is 0 Å². The van der Waals surface area contributed by atoms with E-state index in [9.17, 15) is 0 Å². The average molecular weight is 364 g/mol. The molecule has 122 valence electrons. The molecule has 0 atom stereocenters. The summed E-state index contributed by atoms with van der Waals surface area (Å²) in [6.45, 7) is 2.02. The molecule has 0 aromatic carbocycles. The maximum absolute atomic E-state index is 4.95. The predicted molar refractivity (Wildman–Crippen MR) is 99.7 cm³/mol. The number of hydrogen-bond acceptors (Lipinski definition) is 6. The molecular weight excluding hydrogens is 352 g/mol. The molecule has 1 N–H and O–H groups in total. The number of aromatic amines is 1. The lowest BCUT2D eigenvalue weighted by Gasteiger charge is -1.95. The van der Waals surface area contributed by atoms with Gasteiger partial charge >= 0.3 is 0 Å². The maximum atomic E-state index is 4.95. The molecule has 0 amide bonds. The van der Waals surface area contributed by atoms with Crippen LogP contribution in [-0.2, 0) is 0 Å². The number of nitrogens with one attached hydrogen (secondary N) is 1. The first-order valence-electron chi connectivity index (χ1n) is 7.66. The van der Waals surface area contributed by atoms with Gasteiger partial charge in [0, 0.05) is 6.20 Å². The summed E-state index contributed by atoms with van der Waals surface area (Å²) >= 11 is 3.28. The Kier molecular flexibility index (Phi) is 3.25. The summed E-state index contributed by atoms with van der Waals surface area (Å²) in [5.74, 6) is 0.737. The van der Waals surface area contributed by atoms with Gasteiger partial charge in [-0.1, -0.05) is 12.1 Å². The number of thiazole rings is 1. The van der Waals surface area contributed by atoms with E-state index < -0.39 is 0 Å². The van der Waals surface area contributed by atoms with E-state index in [0.29, 0.717) is 0 Å². The molecule has 0 bridgehead atoms. The van der Waals surface area contributed by atoms with Gasteiger partial charge in [0.25, 0.3) is 0 Å². The van der Waals surface area contributed by atoms with Gasteiger partial charge in [-0.15, -0.1) is 22.7 Å². The smallest absolute Gasteiger partial charge is 0.167 e. The summed E-state index contributed by atoms with van der Waals surface area (Å²) in [5, 5.41) is 14.5. The zero-order chi connectivity index (χ0) is 16.8. The van der Waals surface area contributed by atoms with Crippen molar-refractivity contribution >= 4 is 28.2 Å². The third-order valence-corrected chi connectivity index (χ3v) is 5.90. The summed E-state index contributed by atoms with van der Waals surface area (Å²) in [6.07, 6.45) is 3.48. The van der Waals surface area contributed by atoms with Gasteiger partial charge < -0.3 is 0 Å². The number of hydrogen-bond donors (Lipinski definition) is 1. The van der Waals surface area contributed by atoms with Gasteiger partial charge in [-0.25, -0.2) is 14.5 Å². The highest BCUT2D eigenvalue weighted by atomic mass is 32.1. The molecule has 0 fully saturated rings. The van der Waals surface area contributed by atoms with E-state index in [4.69, 9.17) is 4.98 Å². The van der Waals surface area contributed by atoms with Crippen LogP contribution in [0.25, 0.3) is 37.4 Å².